The number of fused-ring (bicyclic) bond motifs is 1. The first-order chi connectivity index (χ1) is 12.7. The predicted octanol–water partition coefficient (Wildman–Crippen LogP) is 4.58. The number of thioether (sulfide) groups is 1. The van der Waals surface area contributed by atoms with Crippen LogP contribution in [0.3, 0.4) is 0 Å². The lowest BCUT2D eigenvalue weighted by molar-refractivity contribution is -0.111. The molecule has 1 aromatic heterocycles. The molecule has 1 aliphatic heterocycles. The van der Waals surface area contributed by atoms with Gasteiger partial charge in [-0.05, 0) is 30.2 Å². The summed E-state index contributed by atoms with van der Waals surface area (Å²) in [5.41, 5.74) is 5.29. The Bertz CT molecular complexity index is 976. The van der Waals surface area contributed by atoms with E-state index in [-0.39, 0.29) is 5.91 Å². The summed E-state index contributed by atoms with van der Waals surface area (Å²) >= 11 is 1.82. The van der Waals surface area contributed by atoms with E-state index in [2.05, 4.69) is 18.3 Å². The molecule has 130 valence electrons. The van der Waals surface area contributed by atoms with E-state index < -0.39 is 0 Å². The fourth-order valence-electron chi connectivity index (χ4n) is 3.01. The van der Waals surface area contributed by atoms with Crippen molar-refractivity contribution >= 4 is 29.6 Å². The Labute approximate surface area is 156 Å². The normalized spacial score (nSPS) is 13.1. The topological polar surface area (TPSA) is 46.9 Å². The first kappa shape index (κ1) is 16.7. The molecular formula is C21H19N3OS. The van der Waals surface area contributed by atoms with E-state index in [0.717, 1.165) is 45.4 Å². The second-order valence-corrected chi connectivity index (χ2v) is 7.18. The molecular weight excluding hydrogens is 342 g/mol. The molecule has 26 heavy (non-hydrogen) atoms. The third-order valence-corrected chi connectivity index (χ3v) is 5.33. The molecule has 0 radical (unpaired) electrons. The van der Waals surface area contributed by atoms with Crippen molar-refractivity contribution in [2.45, 2.75) is 18.4 Å². The van der Waals surface area contributed by atoms with E-state index in [9.17, 15) is 4.79 Å². The monoisotopic (exact) mass is 361 g/mol. The van der Waals surface area contributed by atoms with Gasteiger partial charge in [-0.1, -0.05) is 48.5 Å². The Morgan fingerprint density at radius 2 is 1.88 bits per heavy atom. The van der Waals surface area contributed by atoms with Crippen molar-refractivity contribution in [2.75, 3.05) is 5.32 Å². The third-order valence-electron chi connectivity index (χ3n) is 4.36. The van der Waals surface area contributed by atoms with Crippen LogP contribution in [0.5, 0.6) is 0 Å². The smallest absolute Gasteiger partial charge is 0.249 e. The Kier molecular flexibility index (Phi) is 4.63. The number of nitrogens with one attached hydrogen (secondary N) is 1. The number of hydrogen-bond donors (Lipinski definition) is 1. The predicted molar refractivity (Wildman–Crippen MR) is 107 cm³/mol. The Balaban J connectivity index is 1.65. The van der Waals surface area contributed by atoms with Crippen LogP contribution >= 0.6 is 11.8 Å². The van der Waals surface area contributed by atoms with Gasteiger partial charge in [0.05, 0.1) is 11.4 Å². The van der Waals surface area contributed by atoms with Gasteiger partial charge in [0.2, 0.25) is 5.91 Å². The highest BCUT2D eigenvalue weighted by Crippen LogP contribution is 2.36. The number of aryl methyl sites for hydroxylation is 1. The Morgan fingerprint density at radius 3 is 2.69 bits per heavy atom. The molecule has 1 N–H and O–H groups in total. The second kappa shape index (κ2) is 7.22. The Morgan fingerprint density at radius 1 is 1.12 bits per heavy atom. The number of rotatable bonds is 4. The molecule has 0 saturated heterocycles. The number of benzene rings is 2. The van der Waals surface area contributed by atoms with Crippen molar-refractivity contribution in [3.05, 3.63) is 83.1 Å². The number of para-hydroxylation sites is 1. The molecule has 3 aromatic rings. The highest BCUT2D eigenvalue weighted by atomic mass is 32.2. The Hall–Kier alpha value is -2.79. The van der Waals surface area contributed by atoms with E-state index in [1.54, 1.807) is 6.08 Å². The van der Waals surface area contributed by atoms with Gasteiger partial charge in [-0.15, -0.1) is 0 Å². The van der Waals surface area contributed by atoms with Crippen molar-refractivity contribution in [1.29, 1.82) is 0 Å². The van der Waals surface area contributed by atoms with Crippen LogP contribution in [-0.2, 0) is 16.3 Å². The molecule has 2 heterocycles. The van der Waals surface area contributed by atoms with Crippen LogP contribution in [0.4, 0.5) is 5.82 Å². The SMILES string of the molecule is Cc1ccccc1-n1nc2c(c1NC(=O)C=Cc1ccccc1)CSC2. The fraction of sp³-hybridized carbons (Fsp3) is 0.143. The maximum atomic E-state index is 12.5. The molecule has 1 aliphatic rings. The van der Waals surface area contributed by atoms with Crippen LogP contribution in [0, 0.1) is 6.92 Å². The summed E-state index contributed by atoms with van der Waals surface area (Å²) in [7, 11) is 0. The van der Waals surface area contributed by atoms with Crippen molar-refractivity contribution in [1.82, 2.24) is 9.78 Å². The van der Waals surface area contributed by atoms with Gasteiger partial charge in [-0.2, -0.15) is 16.9 Å². The van der Waals surface area contributed by atoms with Gasteiger partial charge < -0.3 is 5.32 Å². The molecule has 5 heteroatoms. The van der Waals surface area contributed by atoms with Gasteiger partial charge in [0.1, 0.15) is 5.82 Å². The average Bonchev–Trinajstić information content (AvgIpc) is 3.24. The van der Waals surface area contributed by atoms with E-state index >= 15 is 0 Å². The molecule has 0 atom stereocenters. The van der Waals surface area contributed by atoms with E-state index in [0.29, 0.717) is 0 Å². The lowest BCUT2D eigenvalue weighted by Crippen LogP contribution is -2.14. The molecule has 2 aromatic carbocycles. The number of amides is 1. The van der Waals surface area contributed by atoms with Gasteiger partial charge in [-0.3, -0.25) is 4.79 Å². The molecule has 0 spiro atoms. The maximum Gasteiger partial charge on any atom is 0.249 e. The average molecular weight is 361 g/mol. The van der Waals surface area contributed by atoms with Gasteiger partial charge >= 0.3 is 0 Å². The molecule has 0 aliphatic carbocycles. The number of carbonyl (C=O) groups excluding carboxylic acids is 1. The number of nitrogens with zero attached hydrogens (tertiary/aromatic N) is 2. The minimum absolute atomic E-state index is 0.150. The van der Waals surface area contributed by atoms with Crippen molar-refractivity contribution < 1.29 is 4.79 Å². The zero-order valence-corrected chi connectivity index (χ0v) is 15.3. The molecule has 1 amide bonds. The maximum absolute atomic E-state index is 12.5. The molecule has 0 fully saturated rings. The fourth-order valence-corrected chi connectivity index (χ4v) is 4.05. The van der Waals surface area contributed by atoms with Crippen molar-refractivity contribution in [3.8, 4) is 5.69 Å². The van der Waals surface area contributed by atoms with Crippen LogP contribution < -0.4 is 5.32 Å². The zero-order valence-electron chi connectivity index (χ0n) is 14.5. The van der Waals surface area contributed by atoms with Gasteiger partial charge in [0.15, 0.2) is 0 Å². The molecule has 0 saturated carbocycles. The zero-order chi connectivity index (χ0) is 17.9. The molecule has 4 nitrogen and oxygen atoms in total. The number of hydrogen-bond acceptors (Lipinski definition) is 3. The first-order valence-electron chi connectivity index (χ1n) is 8.51. The summed E-state index contributed by atoms with van der Waals surface area (Å²) < 4.78 is 1.87. The van der Waals surface area contributed by atoms with Gasteiger partial charge in [0, 0.05) is 23.1 Å². The minimum atomic E-state index is -0.150. The van der Waals surface area contributed by atoms with Crippen LogP contribution in [-0.4, -0.2) is 15.7 Å². The lowest BCUT2D eigenvalue weighted by Gasteiger charge is -2.12. The minimum Gasteiger partial charge on any atom is -0.307 e. The summed E-state index contributed by atoms with van der Waals surface area (Å²) in [5, 5.41) is 7.80. The summed E-state index contributed by atoms with van der Waals surface area (Å²) in [4.78, 5) is 12.5. The van der Waals surface area contributed by atoms with E-state index in [1.807, 2.05) is 71.1 Å². The van der Waals surface area contributed by atoms with Crippen LogP contribution in [0.15, 0.2) is 60.7 Å². The van der Waals surface area contributed by atoms with Crippen LogP contribution in [0.1, 0.15) is 22.4 Å². The quantitative estimate of drug-likeness (QED) is 0.692. The molecule has 0 unspecified atom stereocenters. The van der Waals surface area contributed by atoms with Crippen LogP contribution in [0.25, 0.3) is 11.8 Å². The summed E-state index contributed by atoms with van der Waals surface area (Å²) in [6.45, 7) is 2.05. The largest absolute Gasteiger partial charge is 0.307 e. The number of aromatic nitrogens is 2. The molecule has 0 bridgehead atoms. The van der Waals surface area contributed by atoms with Crippen molar-refractivity contribution in [2.24, 2.45) is 0 Å². The standard InChI is InChI=1S/C21H19N3OS/c1-15-7-5-6-10-19(15)24-21(17-13-26-14-18(17)23-24)22-20(25)12-11-16-8-3-2-4-9-16/h2-12H,13-14H2,1H3,(H,22,25). The lowest BCUT2D eigenvalue weighted by atomic mass is 10.2. The summed E-state index contributed by atoms with van der Waals surface area (Å²) in [5.74, 6) is 2.39. The van der Waals surface area contributed by atoms with Crippen LogP contribution in [0.2, 0.25) is 0 Å². The highest BCUT2D eigenvalue weighted by molar-refractivity contribution is 7.98. The van der Waals surface area contributed by atoms with E-state index in [1.165, 1.54) is 0 Å². The van der Waals surface area contributed by atoms with Gasteiger partial charge in [-0.25, -0.2) is 4.68 Å². The third kappa shape index (κ3) is 3.30. The van der Waals surface area contributed by atoms with E-state index in [4.69, 9.17) is 5.10 Å². The highest BCUT2D eigenvalue weighted by Gasteiger charge is 2.24. The summed E-state index contributed by atoms with van der Waals surface area (Å²) in [6, 6.07) is 17.9. The first-order valence-corrected chi connectivity index (χ1v) is 9.66. The van der Waals surface area contributed by atoms with Crippen molar-refractivity contribution in [3.63, 3.8) is 0 Å². The van der Waals surface area contributed by atoms with Gasteiger partial charge in [0.25, 0.3) is 0 Å². The summed E-state index contributed by atoms with van der Waals surface area (Å²) in [6.07, 6.45) is 3.39. The molecule has 4 rings (SSSR count). The number of carbonyl (C=O) groups is 1. The number of anilines is 1. The second-order valence-electron chi connectivity index (χ2n) is 6.20.